The van der Waals surface area contributed by atoms with E-state index in [1.54, 1.807) is 42.5 Å². The fourth-order valence-corrected chi connectivity index (χ4v) is 2.78. The Morgan fingerprint density at radius 3 is 2.35 bits per heavy atom. The Morgan fingerprint density at radius 1 is 1.04 bits per heavy atom. The number of hydrogen-bond donors (Lipinski definition) is 0. The number of halogens is 2. The predicted octanol–water partition coefficient (Wildman–Crippen LogP) is 3.83. The second-order valence-corrected chi connectivity index (χ2v) is 6.75. The average molecular weight is 394 g/mol. The minimum Gasteiger partial charge on any atom is -0.345 e. The third-order valence-corrected chi connectivity index (χ3v) is 4.79. The number of aromatic nitrogens is 1. The molecule has 1 aromatic heterocycles. The Bertz CT molecular complexity index is 769. The molecule has 0 aliphatic heterocycles. The third-order valence-electron chi connectivity index (χ3n) is 4.06. The van der Waals surface area contributed by atoms with Crippen LogP contribution in [0.1, 0.15) is 18.9 Å². The number of amides is 2. The van der Waals surface area contributed by atoms with Gasteiger partial charge in [-0.15, -0.1) is 0 Å². The molecule has 1 aromatic carbocycles. The molecule has 0 N–H and O–H groups in total. The molecular weight excluding hydrogens is 373 g/mol. The number of hydrogen-bond acceptors (Lipinski definition) is 3. The lowest BCUT2D eigenvalue weighted by atomic mass is 10.2. The highest BCUT2D eigenvalue weighted by molar-refractivity contribution is 6.42. The summed E-state index contributed by atoms with van der Waals surface area (Å²) >= 11 is 11.9. The maximum atomic E-state index is 12.4. The van der Waals surface area contributed by atoms with Crippen LogP contribution in [0.4, 0.5) is 5.69 Å². The van der Waals surface area contributed by atoms with E-state index in [1.807, 2.05) is 12.1 Å². The number of rotatable bonds is 7. The zero-order chi connectivity index (χ0) is 19.1. The van der Waals surface area contributed by atoms with E-state index in [4.69, 9.17) is 23.2 Å². The van der Waals surface area contributed by atoms with E-state index < -0.39 is 0 Å². The summed E-state index contributed by atoms with van der Waals surface area (Å²) in [6, 6.07) is 8.84. The van der Waals surface area contributed by atoms with Crippen LogP contribution in [0.3, 0.4) is 0 Å². The van der Waals surface area contributed by atoms with Gasteiger partial charge in [0, 0.05) is 51.6 Å². The van der Waals surface area contributed by atoms with E-state index in [0.29, 0.717) is 22.3 Å². The zero-order valence-corrected chi connectivity index (χ0v) is 16.3. The summed E-state index contributed by atoms with van der Waals surface area (Å²) in [5, 5.41) is 0.794. The van der Waals surface area contributed by atoms with Gasteiger partial charge in [-0.05, 0) is 42.3 Å². The van der Waals surface area contributed by atoms with Crippen molar-refractivity contribution >= 4 is 40.7 Å². The molecule has 0 aliphatic rings. The smallest absolute Gasteiger partial charge is 0.224 e. The first-order valence-corrected chi connectivity index (χ1v) is 9.00. The lowest BCUT2D eigenvalue weighted by Crippen LogP contribution is -2.35. The van der Waals surface area contributed by atoms with Gasteiger partial charge in [-0.2, -0.15) is 0 Å². The second-order valence-electron chi connectivity index (χ2n) is 5.94. The number of anilines is 1. The molecule has 7 heteroatoms. The van der Waals surface area contributed by atoms with Crippen LogP contribution in [0.15, 0.2) is 42.7 Å². The van der Waals surface area contributed by atoms with Crippen molar-refractivity contribution in [3.05, 3.63) is 58.3 Å². The van der Waals surface area contributed by atoms with E-state index in [9.17, 15) is 9.59 Å². The largest absolute Gasteiger partial charge is 0.345 e. The van der Waals surface area contributed by atoms with Crippen molar-refractivity contribution in [3.8, 4) is 0 Å². The SMILES string of the molecule is CC(=O)N(CCC(=O)N(C)CCc1ccncc1)c1ccc(Cl)c(Cl)c1. The molecule has 0 spiro atoms. The summed E-state index contributed by atoms with van der Waals surface area (Å²) in [5.74, 6) is -0.180. The molecule has 0 unspecified atom stereocenters. The summed E-state index contributed by atoms with van der Waals surface area (Å²) in [6.45, 7) is 2.35. The lowest BCUT2D eigenvalue weighted by molar-refractivity contribution is -0.129. The van der Waals surface area contributed by atoms with E-state index in [2.05, 4.69) is 4.98 Å². The molecular formula is C19H21Cl2N3O2. The number of carbonyl (C=O) groups is 2. The van der Waals surface area contributed by atoms with Gasteiger partial charge in [0.05, 0.1) is 10.0 Å². The van der Waals surface area contributed by atoms with Crippen LogP contribution in [0, 0.1) is 0 Å². The molecule has 5 nitrogen and oxygen atoms in total. The summed E-state index contributed by atoms with van der Waals surface area (Å²) < 4.78 is 0. The van der Waals surface area contributed by atoms with Crippen molar-refractivity contribution in [1.29, 1.82) is 0 Å². The molecule has 2 amide bonds. The van der Waals surface area contributed by atoms with Crippen LogP contribution in [0.2, 0.25) is 10.0 Å². The van der Waals surface area contributed by atoms with Crippen LogP contribution < -0.4 is 4.90 Å². The quantitative estimate of drug-likeness (QED) is 0.717. The van der Waals surface area contributed by atoms with Gasteiger partial charge in [0.25, 0.3) is 0 Å². The van der Waals surface area contributed by atoms with Crippen LogP contribution in [-0.2, 0) is 16.0 Å². The summed E-state index contributed by atoms with van der Waals surface area (Å²) in [5.41, 5.74) is 1.75. The third kappa shape index (κ3) is 5.71. The van der Waals surface area contributed by atoms with Crippen LogP contribution in [-0.4, -0.2) is 41.8 Å². The summed E-state index contributed by atoms with van der Waals surface area (Å²) in [7, 11) is 1.76. The maximum Gasteiger partial charge on any atom is 0.224 e. The summed E-state index contributed by atoms with van der Waals surface area (Å²) in [6.07, 6.45) is 4.46. The van der Waals surface area contributed by atoms with Crippen LogP contribution in [0.25, 0.3) is 0 Å². The molecule has 0 saturated heterocycles. The monoisotopic (exact) mass is 393 g/mol. The molecule has 2 rings (SSSR count). The van der Waals surface area contributed by atoms with Crippen molar-refractivity contribution in [3.63, 3.8) is 0 Å². The van der Waals surface area contributed by atoms with E-state index >= 15 is 0 Å². The van der Waals surface area contributed by atoms with Gasteiger partial charge < -0.3 is 9.80 Å². The van der Waals surface area contributed by atoms with Gasteiger partial charge in [-0.3, -0.25) is 14.6 Å². The minimum atomic E-state index is -0.157. The molecule has 0 radical (unpaired) electrons. The lowest BCUT2D eigenvalue weighted by Gasteiger charge is -2.23. The highest BCUT2D eigenvalue weighted by atomic mass is 35.5. The number of likely N-dealkylation sites (N-methyl/N-ethyl adjacent to an activating group) is 1. The van der Waals surface area contributed by atoms with Crippen molar-refractivity contribution in [1.82, 2.24) is 9.88 Å². The van der Waals surface area contributed by atoms with Crippen molar-refractivity contribution in [2.75, 3.05) is 25.0 Å². The number of pyridine rings is 1. The Balaban J connectivity index is 1.92. The zero-order valence-electron chi connectivity index (χ0n) is 14.8. The fourth-order valence-electron chi connectivity index (χ4n) is 2.49. The molecule has 0 fully saturated rings. The fraction of sp³-hybridized carbons (Fsp3) is 0.316. The van der Waals surface area contributed by atoms with Crippen molar-refractivity contribution in [2.45, 2.75) is 19.8 Å². The molecule has 0 saturated carbocycles. The highest BCUT2D eigenvalue weighted by Crippen LogP contribution is 2.27. The Hall–Kier alpha value is -2.11. The Kier molecular flexibility index (Phi) is 7.42. The minimum absolute atomic E-state index is 0.0228. The van der Waals surface area contributed by atoms with Gasteiger partial charge in [0.15, 0.2) is 0 Å². The molecule has 2 aromatic rings. The normalized spacial score (nSPS) is 10.5. The first kappa shape index (κ1) is 20.2. The summed E-state index contributed by atoms with van der Waals surface area (Å²) in [4.78, 5) is 31.5. The van der Waals surface area contributed by atoms with Crippen LogP contribution in [0.5, 0.6) is 0 Å². The molecule has 0 bridgehead atoms. The number of carbonyl (C=O) groups excluding carboxylic acids is 2. The standard InChI is InChI=1S/C19H21Cl2N3O2/c1-14(25)24(16-3-4-17(20)18(21)13-16)12-8-19(26)23(2)11-7-15-5-9-22-10-6-15/h3-6,9-10,13H,7-8,11-12H2,1-2H3. The van der Waals surface area contributed by atoms with E-state index in [1.165, 1.54) is 11.8 Å². The first-order valence-electron chi connectivity index (χ1n) is 8.24. The molecule has 0 aliphatic carbocycles. The molecule has 0 atom stereocenters. The number of benzene rings is 1. The molecule has 1 heterocycles. The van der Waals surface area contributed by atoms with Gasteiger partial charge in [-0.25, -0.2) is 0 Å². The van der Waals surface area contributed by atoms with Crippen molar-refractivity contribution < 1.29 is 9.59 Å². The topological polar surface area (TPSA) is 53.5 Å². The van der Waals surface area contributed by atoms with Crippen LogP contribution >= 0.6 is 23.2 Å². The predicted molar refractivity (Wildman–Crippen MR) is 105 cm³/mol. The first-order chi connectivity index (χ1) is 12.4. The Labute approximate surface area is 163 Å². The number of nitrogens with zero attached hydrogens (tertiary/aromatic N) is 3. The van der Waals surface area contributed by atoms with Gasteiger partial charge in [-0.1, -0.05) is 23.2 Å². The van der Waals surface area contributed by atoms with Gasteiger partial charge in [0.2, 0.25) is 11.8 Å². The Morgan fingerprint density at radius 2 is 1.73 bits per heavy atom. The average Bonchev–Trinajstić information content (AvgIpc) is 2.63. The molecule has 26 heavy (non-hydrogen) atoms. The molecule has 138 valence electrons. The van der Waals surface area contributed by atoms with E-state index in [-0.39, 0.29) is 24.8 Å². The highest BCUT2D eigenvalue weighted by Gasteiger charge is 2.16. The maximum absolute atomic E-state index is 12.4. The second kappa shape index (κ2) is 9.55. The van der Waals surface area contributed by atoms with Gasteiger partial charge >= 0.3 is 0 Å². The van der Waals surface area contributed by atoms with Crippen molar-refractivity contribution in [2.24, 2.45) is 0 Å². The van der Waals surface area contributed by atoms with Gasteiger partial charge in [0.1, 0.15) is 0 Å². The van der Waals surface area contributed by atoms with E-state index in [0.717, 1.165) is 12.0 Å².